The average molecular weight is 312 g/mol. The molecule has 20 heavy (non-hydrogen) atoms. The highest BCUT2D eigenvalue weighted by atomic mass is 35.5. The van der Waals surface area contributed by atoms with Crippen LogP contribution in [0.5, 0.6) is 0 Å². The molecule has 0 atom stereocenters. The van der Waals surface area contributed by atoms with Gasteiger partial charge >= 0.3 is 0 Å². The van der Waals surface area contributed by atoms with Crippen molar-refractivity contribution in [2.45, 2.75) is 43.0 Å². The van der Waals surface area contributed by atoms with Crippen LogP contribution in [-0.4, -0.2) is 23.1 Å². The van der Waals surface area contributed by atoms with Crippen molar-refractivity contribution in [1.29, 1.82) is 0 Å². The van der Waals surface area contributed by atoms with Crippen LogP contribution in [0.4, 0.5) is 0 Å². The summed E-state index contributed by atoms with van der Waals surface area (Å²) in [5, 5.41) is 3.18. The van der Waals surface area contributed by atoms with Crippen LogP contribution in [0.1, 0.15) is 32.6 Å². The Kier molecular flexibility index (Phi) is 5.79. The maximum Gasteiger partial charge on any atom is 0.230 e. The molecule has 1 saturated carbocycles. The van der Waals surface area contributed by atoms with Crippen molar-refractivity contribution in [2.75, 3.05) is 11.6 Å². The van der Waals surface area contributed by atoms with Crippen molar-refractivity contribution in [3.8, 4) is 0 Å². The molecule has 4 heteroatoms. The van der Waals surface area contributed by atoms with E-state index in [1.165, 1.54) is 0 Å². The van der Waals surface area contributed by atoms with Crippen molar-refractivity contribution < 1.29 is 4.79 Å². The second-order valence-electron chi connectivity index (χ2n) is 5.75. The first-order valence-corrected chi connectivity index (χ1v) is 8.70. The molecule has 0 aliphatic heterocycles. The lowest BCUT2D eigenvalue weighted by Crippen LogP contribution is -2.52. The number of amides is 1. The fourth-order valence-corrected chi connectivity index (χ4v) is 3.66. The number of hydrogen-bond acceptors (Lipinski definition) is 2. The molecule has 1 amide bonds. The molecule has 1 aromatic rings. The van der Waals surface area contributed by atoms with Gasteiger partial charge in [-0.05, 0) is 43.7 Å². The maximum atomic E-state index is 12.1. The molecule has 0 saturated heterocycles. The SMILES string of the molecule is CC1CCC(CCl)(NC(=O)CSc2ccccc2)CC1. The molecule has 1 N–H and O–H groups in total. The minimum absolute atomic E-state index is 0.0917. The summed E-state index contributed by atoms with van der Waals surface area (Å²) in [5.41, 5.74) is -0.178. The van der Waals surface area contributed by atoms with E-state index < -0.39 is 0 Å². The van der Waals surface area contributed by atoms with Gasteiger partial charge in [0, 0.05) is 10.8 Å². The van der Waals surface area contributed by atoms with E-state index in [4.69, 9.17) is 11.6 Å². The smallest absolute Gasteiger partial charge is 0.230 e. The molecule has 1 aliphatic carbocycles. The molecular formula is C16H22ClNOS. The Labute approximate surface area is 130 Å². The first-order chi connectivity index (χ1) is 9.63. The summed E-state index contributed by atoms with van der Waals surface area (Å²) in [6.07, 6.45) is 4.30. The lowest BCUT2D eigenvalue weighted by atomic mass is 9.78. The van der Waals surface area contributed by atoms with Gasteiger partial charge in [0.25, 0.3) is 0 Å². The van der Waals surface area contributed by atoms with E-state index in [9.17, 15) is 4.79 Å². The molecule has 0 radical (unpaired) electrons. The Morgan fingerprint density at radius 2 is 2.00 bits per heavy atom. The van der Waals surface area contributed by atoms with Gasteiger partial charge in [-0.2, -0.15) is 0 Å². The van der Waals surface area contributed by atoms with Gasteiger partial charge in [-0.15, -0.1) is 23.4 Å². The summed E-state index contributed by atoms with van der Waals surface area (Å²) in [5.74, 6) is 1.82. The molecular weight excluding hydrogens is 290 g/mol. The second-order valence-corrected chi connectivity index (χ2v) is 7.06. The molecule has 1 aromatic carbocycles. The third-order valence-electron chi connectivity index (χ3n) is 4.00. The monoisotopic (exact) mass is 311 g/mol. The Hall–Kier alpha value is -0.670. The first kappa shape index (κ1) is 15.7. The zero-order valence-electron chi connectivity index (χ0n) is 11.9. The number of nitrogens with one attached hydrogen (secondary N) is 1. The molecule has 0 heterocycles. The highest BCUT2D eigenvalue weighted by Gasteiger charge is 2.34. The molecule has 0 spiro atoms. The summed E-state index contributed by atoms with van der Waals surface area (Å²) in [7, 11) is 0. The average Bonchev–Trinajstić information content (AvgIpc) is 2.49. The van der Waals surface area contributed by atoms with E-state index in [1.807, 2.05) is 30.3 Å². The van der Waals surface area contributed by atoms with Crippen LogP contribution >= 0.6 is 23.4 Å². The van der Waals surface area contributed by atoms with Crippen molar-refractivity contribution in [1.82, 2.24) is 5.32 Å². The van der Waals surface area contributed by atoms with Crippen LogP contribution in [-0.2, 0) is 4.79 Å². The Balaban J connectivity index is 1.83. The third kappa shape index (κ3) is 4.42. The number of halogens is 1. The Morgan fingerprint density at radius 3 is 2.60 bits per heavy atom. The number of alkyl halides is 1. The van der Waals surface area contributed by atoms with Crippen LogP contribution in [0.3, 0.4) is 0 Å². The van der Waals surface area contributed by atoms with E-state index >= 15 is 0 Å². The Morgan fingerprint density at radius 1 is 1.35 bits per heavy atom. The third-order valence-corrected chi connectivity index (χ3v) is 5.53. The van der Waals surface area contributed by atoms with E-state index in [2.05, 4.69) is 12.2 Å². The topological polar surface area (TPSA) is 29.1 Å². The second kappa shape index (κ2) is 7.37. The molecule has 0 unspecified atom stereocenters. The zero-order chi connectivity index (χ0) is 14.4. The number of thioether (sulfide) groups is 1. The molecule has 2 rings (SSSR count). The number of rotatable bonds is 5. The van der Waals surface area contributed by atoms with Crippen molar-refractivity contribution in [2.24, 2.45) is 5.92 Å². The van der Waals surface area contributed by atoms with E-state index in [0.29, 0.717) is 11.6 Å². The lowest BCUT2D eigenvalue weighted by molar-refractivity contribution is -0.120. The zero-order valence-corrected chi connectivity index (χ0v) is 13.5. The number of carbonyl (C=O) groups excluding carboxylic acids is 1. The first-order valence-electron chi connectivity index (χ1n) is 7.18. The molecule has 0 bridgehead atoms. The number of carbonyl (C=O) groups is 1. The minimum atomic E-state index is -0.178. The molecule has 1 aliphatic rings. The van der Waals surface area contributed by atoms with Crippen LogP contribution < -0.4 is 5.32 Å². The summed E-state index contributed by atoms with van der Waals surface area (Å²) in [4.78, 5) is 13.3. The van der Waals surface area contributed by atoms with Crippen LogP contribution in [0.2, 0.25) is 0 Å². The molecule has 2 nitrogen and oxygen atoms in total. The van der Waals surface area contributed by atoms with Gasteiger partial charge in [-0.25, -0.2) is 0 Å². The predicted molar refractivity (Wildman–Crippen MR) is 86.4 cm³/mol. The van der Waals surface area contributed by atoms with Crippen molar-refractivity contribution in [3.05, 3.63) is 30.3 Å². The van der Waals surface area contributed by atoms with Crippen LogP contribution in [0, 0.1) is 5.92 Å². The maximum absolute atomic E-state index is 12.1. The molecule has 110 valence electrons. The van der Waals surface area contributed by atoms with Gasteiger partial charge < -0.3 is 5.32 Å². The largest absolute Gasteiger partial charge is 0.349 e. The van der Waals surface area contributed by atoms with Gasteiger partial charge in [-0.3, -0.25) is 4.79 Å². The van der Waals surface area contributed by atoms with Crippen molar-refractivity contribution in [3.63, 3.8) is 0 Å². The lowest BCUT2D eigenvalue weighted by Gasteiger charge is -2.38. The van der Waals surface area contributed by atoms with Crippen LogP contribution in [0.15, 0.2) is 35.2 Å². The fraction of sp³-hybridized carbons (Fsp3) is 0.562. The number of hydrogen-bond donors (Lipinski definition) is 1. The van der Waals surface area contributed by atoms with E-state index in [0.717, 1.165) is 36.5 Å². The van der Waals surface area contributed by atoms with Gasteiger partial charge in [0.1, 0.15) is 0 Å². The summed E-state index contributed by atoms with van der Waals surface area (Å²) < 4.78 is 0. The fourth-order valence-electron chi connectivity index (χ4n) is 2.60. The van der Waals surface area contributed by atoms with Gasteiger partial charge in [0.05, 0.1) is 11.3 Å². The highest BCUT2D eigenvalue weighted by Crippen LogP contribution is 2.33. The van der Waals surface area contributed by atoms with Gasteiger partial charge in [0.15, 0.2) is 0 Å². The highest BCUT2D eigenvalue weighted by molar-refractivity contribution is 8.00. The predicted octanol–water partition coefficient (Wildman–Crippen LogP) is 4.08. The standard InChI is InChI=1S/C16H22ClNOS/c1-13-7-9-16(12-17,10-8-13)18-15(19)11-20-14-5-3-2-4-6-14/h2-6,13H,7-12H2,1H3,(H,18,19). The Bertz CT molecular complexity index is 429. The summed E-state index contributed by atoms with van der Waals surface area (Å²) in [6.45, 7) is 2.27. The van der Waals surface area contributed by atoms with Crippen molar-refractivity contribution >= 4 is 29.3 Å². The quantitative estimate of drug-likeness (QED) is 0.655. The number of benzene rings is 1. The normalized spacial score (nSPS) is 26.2. The minimum Gasteiger partial charge on any atom is -0.349 e. The molecule has 1 fully saturated rings. The summed E-state index contributed by atoms with van der Waals surface area (Å²) >= 11 is 7.70. The van der Waals surface area contributed by atoms with Gasteiger partial charge in [-0.1, -0.05) is 25.1 Å². The van der Waals surface area contributed by atoms with Crippen LogP contribution in [0.25, 0.3) is 0 Å². The molecule has 0 aromatic heterocycles. The van der Waals surface area contributed by atoms with E-state index in [1.54, 1.807) is 11.8 Å². The van der Waals surface area contributed by atoms with Gasteiger partial charge in [0.2, 0.25) is 5.91 Å². The summed E-state index contributed by atoms with van der Waals surface area (Å²) in [6, 6.07) is 10.0. The van der Waals surface area contributed by atoms with E-state index in [-0.39, 0.29) is 11.4 Å².